The van der Waals surface area contributed by atoms with Crippen LogP contribution in [0.5, 0.6) is 0 Å². The monoisotopic (exact) mass is 204 g/mol. The van der Waals surface area contributed by atoms with Gasteiger partial charge in [-0.15, -0.1) is 0 Å². The Hall–Kier alpha value is -1.31. The second-order valence-electron chi connectivity index (χ2n) is 3.98. The van der Waals surface area contributed by atoms with Crippen LogP contribution in [0.1, 0.15) is 36.5 Å². The Balaban J connectivity index is 3.20. The minimum atomic E-state index is 0.736. The molecular weight excluding hydrogens is 184 g/mol. The van der Waals surface area contributed by atoms with Gasteiger partial charge in [-0.25, -0.2) is 0 Å². The molecule has 0 atom stereocenters. The maximum Gasteiger partial charge on any atom is 0.0434 e. The predicted octanol–water partition coefficient (Wildman–Crippen LogP) is 3.51. The summed E-state index contributed by atoms with van der Waals surface area (Å²) in [5.41, 5.74) is 5.32. The molecule has 1 rings (SSSR count). The van der Waals surface area contributed by atoms with Crippen molar-refractivity contribution in [3.63, 3.8) is 0 Å². The van der Waals surface area contributed by atoms with Crippen LogP contribution in [0.3, 0.4) is 0 Å². The smallest absolute Gasteiger partial charge is 0.0434 e. The summed E-state index contributed by atoms with van der Waals surface area (Å²) in [5, 5.41) is 11.2. The summed E-state index contributed by atoms with van der Waals surface area (Å²) in [4.78, 5) is 0. The maximum atomic E-state index is 8.05. The third-order valence-corrected chi connectivity index (χ3v) is 2.55. The fraction of sp³-hybridized carbons (Fsp3) is 0.462. The van der Waals surface area contributed by atoms with Crippen molar-refractivity contribution in [2.24, 2.45) is 0 Å². The molecule has 0 heterocycles. The van der Waals surface area contributed by atoms with Gasteiger partial charge in [0.15, 0.2) is 0 Å². The van der Waals surface area contributed by atoms with Crippen LogP contribution in [0.25, 0.3) is 0 Å². The summed E-state index contributed by atoms with van der Waals surface area (Å²) in [6.07, 6.45) is 1.87. The molecule has 0 aliphatic rings. The molecule has 15 heavy (non-hydrogen) atoms. The van der Waals surface area contributed by atoms with E-state index >= 15 is 0 Å². The van der Waals surface area contributed by atoms with Gasteiger partial charge in [-0.1, -0.05) is 19.4 Å². The summed E-state index contributed by atoms with van der Waals surface area (Å²) in [5.74, 6) is 0. The third-order valence-electron chi connectivity index (χ3n) is 2.55. The Morgan fingerprint density at radius 3 is 2.53 bits per heavy atom. The molecule has 2 heteroatoms. The standard InChI is InChI=1S/C13H20N2/c1-5-6-11(14)13-10(3)7-9(2)8-12(13)15-4/h7-8,14-15H,5-6H2,1-4H3. The van der Waals surface area contributed by atoms with E-state index in [1.54, 1.807) is 0 Å². The van der Waals surface area contributed by atoms with E-state index < -0.39 is 0 Å². The van der Waals surface area contributed by atoms with Gasteiger partial charge in [0, 0.05) is 24.0 Å². The zero-order valence-corrected chi connectivity index (χ0v) is 10.1. The van der Waals surface area contributed by atoms with Crippen molar-refractivity contribution in [1.82, 2.24) is 0 Å². The highest BCUT2D eigenvalue weighted by Crippen LogP contribution is 2.23. The summed E-state index contributed by atoms with van der Waals surface area (Å²) >= 11 is 0. The van der Waals surface area contributed by atoms with Crippen LogP contribution in [0.4, 0.5) is 5.69 Å². The second kappa shape index (κ2) is 4.96. The van der Waals surface area contributed by atoms with Crippen LogP contribution in [0.2, 0.25) is 0 Å². The highest BCUT2D eigenvalue weighted by Gasteiger charge is 2.10. The fourth-order valence-electron chi connectivity index (χ4n) is 1.94. The molecular formula is C13H20N2. The molecule has 0 saturated heterocycles. The lowest BCUT2D eigenvalue weighted by Crippen LogP contribution is -2.06. The molecule has 0 fully saturated rings. The average Bonchev–Trinajstić information content (AvgIpc) is 2.16. The van der Waals surface area contributed by atoms with E-state index in [2.05, 4.69) is 38.2 Å². The van der Waals surface area contributed by atoms with Gasteiger partial charge in [-0.2, -0.15) is 0 Å². The molecule has 1 aromatic carbocycles. The predicted molar refractivity (Wildman–Crippen MR) is 67.2 cm³/mol. The van der Waals surface area contributed by atoms with E-state index in [1.165, 1.54) is 11.1 Å². The molecule has 1 aromatic rings. The lowest BCUT2D eigenvalue weighted by atomic mass is 9.97. The number of rotatable bonds is 4. The van der Waals surface area contributed by atoms with Gasteiger partial charge in [-0.05, 0) is 37.5 Å². The van der Waals surface area contributed by atoms with E-state index in [1.807, 2.05) is 7.05 Å². The Labute approximate surface area is 92.2 Å². The van der Waals surface area contributed by atoms with E-state index in [4.69, 9.17) is 5.41 Å². The third kappa shape index (κ3) is 2.58. The SMILES string of the molecule is CCCC(=N)c1c(C)cc(C)cc1NC. The van der Waals surface area contributed by atoms with Crippen molar-refractivity contribution in [2.75, 3.05) is 12.4 Å². The lowest BCUT2D eigenvalue weighted by molar-refractivity contribution is 0.985. The molecule has 0 aromatic heterocycles. The summed E-state index contributed by atoms with van der Waals surface area (Å²) in [7, 11) is 1.91. The quantitative estimate of drug-likeness (QED) is 0.723. The second-order valence-corrected chi connectivity index (χ2v) is 3.98. The molecule has 82 valence electrons. The Morgan fingerprint density at radius 2 is 2.00 bits per heavy atom. The zero-order valence-electron chi connectivity index (χ0n) is 10.1. The number of hydrogen-bond donors (Lipinski definition) is 2. The minimum absolute atomic E-state index is 0.736. The Morgan fingerprint density at radius 1 is 1.33 bits per heavy atom. The van der Waals surface area contributed by atoms with Crippen molar-refractivity contribution < 1.29 is 0 Å². The van der Waals surface area contributed by atoms with Crippen molar-refractivity contribution in [3.8, 4) is 0 Å². The van der Waals surface area contributed by atoms with Crippen LogP contribution < -0.4 is 5.32 Å². The van der Waals surface area contributed by atoms with Crippen LogP contribution in [0, 0.1) is 19.3 Å². The van der Waals surface area contributed by atoms with Gasteiger partial charge in [-0.3, -0.25) is 0 Å². The average molecular weight is 204 g/mol. The van der Waals surface area contributed by atoms with Crippen LogP contribution in [-0.2, 0) is 0 Å². The number of aryl methyl sites for hydroxylation is 2. The van der Waals surface area contributed by atoms with Crippen molar-refractivity contribution in [3.05, 3.63) is 28.8 Å². The van der Waals surface area contributed by atoms with Gasteiger partial charge < -0.3 is 10.7 Å². The van der Waals surface area contributed by atoms with E-state index in [9.17, 15) is 0 Å². The zero-order chi connectivity index (χ0) is 11.4. The highest BCUT2D eigenvalue weighted by atomic mass is 14.8. The first-order valence-electron chi connectivity index (χ1n) is 5.47. The molecule has 0 saturated carbocycles. The topological polar surface area (TPSA) is 35.9 Å². The molecule has 0 spiro atoms. The first-order chi connectivity index (χ1) is 7.10. The largest absolute Gasteiger partial charge is 0.388 e. The van der Waals surface area contributed by atoms with Gasteiger partial charge >= 0.3 is 0 Å². The summed E-state index contributed by atoms with van der Waals surface area (Å²) in [6.45, 7) is 6.27. The summed E-state index contributed by atoms with van der Waals surface area (Å²) < 4.78 is 0. The first kappa shape index (κ1) is 11.8. The van der Waals surface area contributed by atoms with Gasteiger partial charge in [0.05, 0.1) is 0 Å². The molecule has 0 unspecified atom stereocenters. The van der Waals surface area contributed by atoms with Gasteiger partial charge in [0.2, 0.25) is 0 Å². The molecule has 0 aliphatic carbocycles. The molecule has 0 radical (unpaired) electrons. The van der Waals surface area contributed by atoms with E-state index in [-0.39, 0.29) is 0 Å². The number of anilines is 1. The Bertz CT molecular complexity index is 367. The van der Waals surface area contributed by atoms with Crippen molar-refractivity contribution >= 4 is 11.4 Å². The Kier molecular flexibility index (Phi) is 3.89. The first-order valence-corrected chi connectivity index (χ1v) is 5.47. The van der Waals surface area contributed by atoms with Gasteiger partial charge in [0.25, 0.3) is 0 Å². The fourth-order valence-corrected chi connectivity index (χ4v) is 1.94. The minimum Gasteiger partial charge on any atom is -0.388 e. The van der Waals surface area contributed by atoms with Crippen molar-refractivity contribution in [1.29, 1.82) is 5.41 Å². The molecule has 0 bridgehead atoms. The maximum absolute atomic E-state index is 8.05. The number of benzene rings is 1. The van der Waals surface area contributed by atoms with E-state index in [0.717, 1.165) is 29.8 Å². The molecule has 0 aliphatic heterocycles. The lowest BCUT2D eigenvalue weighted by Gasteiger charge is -2.14. The number of nitrogens with one attached hydrogen (secondary N) is 2. The highest BCUT2D eigenvalue weighted by molar-refractivity contribution is 6.04. The summed E-state index contributed by atoms with van der Waals surface area (Å²) in [6, 6.07) is 4.24. The molecule has 2 N–H and O–H groups in total. The number of hydrogen-bond acceptors (Lipinski definition) is 2. The normalized spacial score (nSPS) is 10.1. The molecule has 2 nitrogen and oxygen atoms in total. The van der Waals surface area contributed by atoms with E-state index in [0.29, 0.717) is 0 Å². The molecule has 0 amide bonds. The van der Waals surface area contributed by atoms with Crippen LogP contribution in [0.15, 0.2) is 12.1 Å². The van der Waals surface area contributed by atoms with Gasteiger partial charge in [0.1, 0.15) is 0 Å². The van der Waals surface area contributed by atoms with Crippen LogP contribution >= 0.6 is 0 Å². The van der Waals surface area contributed by atoms with Crippen molar-refractivity contribution in [2.45, 2.75) is 33.6 Å². The van der Waals surface area contributed by atoms with Crippen LogP contribution in [-0.4, -0.2) is 12.8 Å².